The molecule has 0 aliphatic carbocycles. The van der Waals surface area contributed by atoms with Crippen LogP contribution in [0.1, 0.15) is 30.7 Å². The number of piperidine rings is 1. The Morgan fingerprint density at radius 3 is 2.61 bits per heavy atom. The summed E-state index contributed by atoms with van der Waals surface area (Å²) in [7, 11) is 1.46. The minimum atomic E-state index is -0.179. The number of hydrogen-bond donors (Lipinski definition) is 1. The van der Waals surface area contributed by atoms with Gasteiger partial charge in [0.15, 0.2) is 0 Å². The second-order valence-electron chi connectivity index (χ2n) is 4.47. The van der Waals surface area contributed by atoms with E-state index in [0.29, 0.717) is 0 Å². The topological polar surface area (TPSA) is 38.3 Å². The van der Waals surface area contributed by atoms with Crippen molar-refractivity contribution in [3.63, 3.8) is 0 Å². The van der Waals surface area contributed by atoms with E-state index in [-0.39, 0.29) is 47.5 Å². The summed E-state index contributed by atoms with van der Waals surface area (Å²) in [4.78, 5) is 11.9. The van der Waals surface area contributed by atoms with Gasteiger partial charge in [0.2, 0.25) is 0 Å². The van der Waals surface area contributed by atoms with Crippen LogP contribution in [0.15, 0.2) is 30.3 Å². The van der Waals surface area contributed by atoms with Crippen LogP contribution in [0.4, 0.5) is 0 Å². The van der Waals surface area contributed by atoms with Gasteiger partial charge in [0, 0.05) is 6.04 Å². The van der Waals surface area contributed by atoms with E-state index in [9.17, 15) is 4.79 Å². The Hall–Kier alpha value is -0.350. The Kier molecular flexibility index (Phi) is 6.94. The fraction of sp³-hybridized carbons (Fsp3) is 0.500. The standard InChI is InChI=1S/C14H19NO2.Na.H/c1-17-14(16)13(11-7-3-2-4-8-11)12-9-5-6-10-15-12;;/h2-4,7-8,12-13,15H,5-6,9-10H2,1H3;;. The van der Waals surface area contributed by atoms with Gasteiger partial charge in [-0.25, -0.2) is 0 Å². The van der Waals surface area contributed by atoms with Crippen molar-refractivity contribution in [1.29, 1.82) is 0 Å². The molecule has 0 aromatic heterocycles. The molecule has 1 aromatic rings. The van der Waals surface area contributed by atoms with Crippen LogP contribution in [0.2, 0.25) is 0 Å². The number of benzene rings is 1. The average molecular weight is 257 g/mol. The minimum absolute atomic E-state index is 0. The number of carbonyl (C=O) groups is 1. The van der Waals surface area contributed by atoms with Crippen molar-refractivity contribution in [1.82, 2.24) is 5.32 Å². The summed E-state index contributed by atoms with van der Waals surface area (Å²) in [5.41, 5.74) is 1.04. The summed E-state index contributed by atoms with van der Waals surface area (Å²) < 4.78 is 4.94. The third kappa shape index (κ3) is 3.82. The van der Waals surface area contributed by atoms with Crippen molar-refractivity contribution in [3.05, 3.63) is 35.9 Å². The second-order valence-corrected chi connectivity index (χ2v) is 4.47. The van der Waals surface area contributed by atoms with Crippen LogP contribution in [0.25, 0.3) is 0 Å². The molecule has 0 spiro atoms. The Morgan fingerprint density at radius 1 is 1.33 bits per heavy atom. The molecule has 1 saturated heterocycles. The zero-order chi connectivity index (χ0) is 12.1. The summed E-state index contributed by atoms with van der Waals surface area (Å²) in [6.07, 6.45) is 3.41. The van der Waals surface area contributed by atoms with Gasteiger partial charge in [-0.2, -0.15) is 0 Å². The molecular weight excluding hydrogens is 237 g/mol. The van der Waals surface area contributed by atoms with Crippen LogP contribution < -0.4 is 5.32 Å². The van der Waals surface area contributed by atoms with Gasteiger partial charge in [0.05, 0.1) is 13.0 Å². The Labute approximate surface area is 131 Å². The average Bonchev–Trinajstić information content (AvgIpc) is 2.41. The Bertz CT molecular complexity index is 363. The van der Waals surface area contributed by atoms with E-state index in [1.165, 1.54) is 20.0 Å². The molecule has 4 heteroatoms. The molecule has 2 unspecified atom stereocenters. The van der Waals surface area contributed by atoms with Crippen LogP contribution in [0.5, 0.6) is 0 Å². The zero-order valence-electron chi connectivity index (χ0n) is 10.2. The van der Waals surface area contributed by atoms with Crippen LogP contribution >= 0.6 is 0 Å². The molecule has 1 aromatic carbocycles. The normalized spacial score (nSPS) is 20.6. The predicted octanol–water partition coefficient (Wildman–Crippen LogP) is 1.44. The molecule has 1 N–H and O–H groups in total. The van der Waals surface area contributed by atoms with Crippen LogP contribution in [0, 0.1) is 0 Å². The quantitative estimate of drug-likeness (QED) is 0.657. The number of rotatable bonds is 3. The molecule has 94 valence electrons. The molecule has 1 aliphatic rings. The maximum absolute atomic E-state index is 11.9. The molecule has 1 heterocycles. The van der Waals surface area contributed by atoms with Gasteiger partial charge in [-0.3, -0.25) is 4.79 Å². The number of nitrogens with one attached hydrogen (secondary N) is 1. The van der Waals surface area contributed by atoms with Crippen molar-refractivity contribution in [2.75, 3.05) is 13.7 Å². The van der Waals surface area contributed by atoms with Gasteiger partial charge in [-0.05, 0) is 24.9 Å². The van der Waals surface area contributed by atoms with Crippen LogP contribution in [0.3, 0.4) is 0 Å². The first kappa shape index (κ1) is 15.7. The number of hydrogen-bond acceptors (Lipinski definition) is 3. The molecule has 1 fully saturated rings. The van der Waals surface area contributed by atoms with Gasteiger partial charge in [0.25, 0.3) is 0 Å². The van der Waals surface area contributed by atoms with Crippen LogP contribution in [-0.4, -0.2) is 55.2 Å². The van der Waals surface area contributed by atoms with E-state index in [1.807, 2.05) is 30.3 Å². The predicted molar refractivity (Wildman–Crippen MR) is 74.0 cm³/mol. The van der Waals surface area contributed by atoms with E-state index in [0.717, 1.165) is 18.5 Å². The molecule has 1 aliphatic heterocycles. The van der Waals surface area contributed by atoms with Gasteiger partial charge in [-0.1, -0.05) is 36.8 Å². The van der Waals surface area contributed by atoms with E-state index in [4.69, 9.17) is 4.74 Å². The Balaban J connectivity index is 0.00000162. The summed E-state index contributed by atoms with van der Waals surface area (Å²) in [5, 5.41) is 3.43. The first-order valence-electron chi connectivity index (χ1n) is 6.19. The third-order valence-corrected chi connectivity index (χ3v) is 3.36. The number of methoxy groups -OCH3 is 1. The maximum atomic E-state index is 11.9. The first-order valence-corrected chi connectivity index (χ1v) is 6.19. The molecule has 3 nitrogen and oxygen atoms in total. The van der Waals surface area contributed by atoms with Crippen molar-refractivity contribution in [2.45, 2.75) is 31.2 Å². The third-order valence-electron chi connectivity index (χ3n) is 3.36. The number of esters is 1. The van der Waals surface area contributed by atoms with E-state index < -0.39 is 0 Å². The van der Waals surface area contributed by atoms with Crippen molar-refractivity contribution >= 4 is 35.5 Å². The van der Waals surface area contributed by atoms with Gasteiger partial charge >= 0.3 is 35.5 Å². The molecule has 0 radical (unpaired) electrons. The van der Waals surface area contributed by atoms with E-state index >= 15 is 0 Å². The summed E-state index contributed by atoms with van der Waals surface area (Å²) in [6, 6.07) is 10.1. The monoisotopic (exact) mass is 257 g/mol. The summed E-state index contributed by atoms with van der Waals surface area (Å²) in [6.45, 7) is 0.991. The molecule has 0 saturated carbocycles. The second kappa shape index (κ2) is 7.95. The number of carbonyl (C=O) groups excluding carboxylic acids is 1. The van der Waals surface area contributed by atoms with Crippen molar-refractivity contribution < 1.29 is 9.53 Å². The molecule has 0 amide bonds. The molecule has 2 rings (SSSR count). The Morgan fingerprint density at radius 2 is 2.06 bits per heavy atom. The van der Waals surface area contributed by atoms with E-state index in [2.05, 4.69) is 5.32 Å². The molecule has 0 bridgehead atoms. The fourth-order valence-electron chi connectivity index (χ4n) is 2.48. The summed E-state index contributed by atoms with van der Waals surface area (Å²) >= 11 is 0. The zero-order valence-corrected chi connectivity index (χ0v) is 10.2. The van der Waals surface area contributed by atoms with Crippen LogP contribution in [-0.2, 0) is 9.53 Å². The summed E-state index contributed by atoms with van der Waals surface area (Å²) in [5.74, 6) is -0.322. The van der Waals surface area contributed by atoms with Crippen molar-refractivity contribution in [3.8, 4) is 0 Å². The van der Waals surface area contributed by atoms with Gasteiger partial charge < -0.3 is 10.1 Å². The van der Waals surface area contributed by atoms with Gasteiger partial charge in [-0.15, -0.1) is 0 Å². The molecule has 18 heavy (non-hydrogen) atoms. The first-order chi connectivity index (χ1) is 8.33. The number of ether oxygens (including phenoxy) is 1. The molecule has 2 atom stereocenters. The van der Waals surface area contributed by atoms with Crippen molar-refractivity contribution in [2.24, 2.45) is 0 Å². The SMILES string of the molecule is COC(=O)C(c1ccccc1)C1CCCCN1.[NaH]. The van der Waals surface area contributed by atoms with Gasteiger partial charge in [0.1, 0.15) is 0 Å². The molecular formula is C14H20NNaO2. The fourth-order valence-corrected chi connectivity index (χ4v) is 2.48. The van der Waals surface area contributed by atoms with E-state index in [1.54, 1.807) is 0 Å².